The number of carbonyl (C=O) groups excluding carboxylic acids is 1. The Labute approximate surface area is 119 Å². The second-order valence-corrected chi connectivity index (χ2v) is 5.11. The number of nitrogens with one attached hydrogen (secondary N) is 1. The summed E-state index contributed by atoms with van der Waals surface area (Å²) in [7, 11) is 0. The molecule has 0 saturated heterocycles. The van der Waals surface area contributed by atoms with Crippen LogP contribution in [0.1, 0.15) is 25.8 Å². The number of carbonyl (C=O) groups is 1. The minimum absolute atomic E-state index is 0.274. The zero-order chi connectivity index (χ0) is 15.0. The van der Waals surface area contributed by atoms with Crippen molar-refractivity contribution in [1.29, 1.82) is 0 Å². The van der Waals surface area contributed by atoms with Gasteiger partial charge in [0.2, 0.25) is 5.91 Å². The van der Waals surface area contributed by atoms with E-state index in [0.717, 1.165) is 5.56 Å². The van der Waals surface area contributed by atoms with Crippen LogP contribution in [0.5, 0.6) is 0 Å². The van der Waals surface area contributed by atoms with Crippen molar-refractivity contribution in [2.24, 2.45) is 16.8 Å². The summed E-state index contributed by atoms with van der Waals surface area (Å²) in [4.78, 5) is 14.8. The second-order valence-electron chi connectivity index (χ2n) is 5.11. The molecule has 0 saturated carbocycles. The average Bonchev–Trinajstić information content (AvgIpc) is 2.42. The standard InChI is InChI=1S/C14H21N5O/c1-11(2)10-14(13(15)20,17-8-9-18-19-16)12-6-4-3-5-7-12/h3-7,11,17H,8-10H2,1-2H3,(H2,15,20). The minimum Gasteiger partial charge on any atom is -0.368 e. The number of azide groups is 1. The van der Waals surface area contributed by atoms with Crippen LogP contribution in [0.3, 0.4) is 0 Å². The Bertz CT molecular complexity index is 482. The SMILES string of the molecule is CC(C)CC(NCCN=[N+]=[N-])(C(N)=O)c1ccccc1. The van der Waals surface area contributed by atoms with Crippen molar-refractivity contribution >= 4 is 5.91 Å². The van der Waals surface area contributed by atoms with Crippen LogP contribution >= 0.6 is 0 Å². The normalized spacial score (nSPS) is 13.6. The fourth-order valence-corrected chi connectivity index (χ4v) is 2.32. The average molecular weight is 275 g/mol. The summed E-state index contributed by atoms with van der Waals surface area (Å²) in [6.07, 6.45) is 0.586. The maximum absolute atomic E-state index is 12.1. The number of benzene rings is 1. The zero-order valence-electron chi connectivity index (χ0n) is 11.9. The van der Waals surface area contributed by atoms with Gasteiger partial charge in [-0.3, -0.25) is 10.1 Å². The van der Waals surface area contributed by atoms with E-state index in [4.69, 9.17) is 11.3 Å². The molecule has 1 unspecified atom stereocenters. The largest absolute Gasteiger partial charge is 0.368 e. The molecule has 108 valence electrons. The lowest BCUT2D eigenvalue weighted by molar-refractivity contribution is -0.125. The lowest BCUT2D eigenvalue weighted by Crippen LogP contribution is -2.54. The first-order valence-electron chi connectivity index (χ1n) is 6.64. The van der Waals surface area contributed by atoms with Crippen LogP contribution in [-0.2, 0) is 10.3 Å². The minimum atomic E-state index is -0.930. The number of nitrogens with two attached hydrogens (primary N) is 1. The summed E-state index contributed by atoms with van der Waals surface area (Å²) >= 11 is 0. The Morgan fingerprint density at radius 2 is 2.10 bits per heavy atom. The molecule has 0 aliphatic rings. The molecule has 0 aliphatic heterocycles. The van der Waals surface area contributed by atoms with Gasteiger partial charge >= 0.3 is 0 Å². The highest BCUT2D eigenvalue weighted by Crippen LogP contribution is 2.28. The fraction of sp³-hybridized carbons (Fsp3) is 0.500. The van der Waals surface area contributed by atoms with Crippen LogP contribution < -0.4 is 11.1 Å². The highest BCUT2D eigenvalue weighted by atomic mass is 16.1. The third kappa shape index (κ3) is 3.98. The summed E-state index contributed by atoms with van der Waals surface area (Å²) in [6.45, 7) is 4.75. The van der Waals surface area contributed by atoms with Crippen LogP contribution in [0.4, 0.5) is 0 Å². The highest BCUT2D eigenvalue weighted by Gasteiger charge is 2.38. The molecule has 6 heteroatoms. The molecule has 1 atom stereocenters. The summed E-state index contributed by atoms with van der Waals surface area (Å²) in [5.74, 6) is -0.131. The first-order chi connectivity index (χ1) is 9.53. The van der Waals surface area contributed by atoms with E-state index in [1.54, 1.807) is 0 Å². The van der Waals surface area contributed by atoms with Crippen molar-refractivity contribution in [2.75, 3.05) is 13.1 Å². The maximum atomic E-state index is 12.1. The molecule has 0 aromatic heterocycles. The van der Waals surface area contributed by atoms with E-state index >= 15 is 0 Å². The summed E-state index contributed by atoms with van der Waals surface area (Å²) < 4.78 is 0. The predicted molar refractivity (Wildman–Crippen MR) is 78.8 cm³/mol. The van der Waals surface area contributed by atoms with Crippen LogP contribution in [0.2, 0.25) is 0 Å². The lowest BCUT2D eigenvalue weighted by atomic mass is 9.81. The van der Waals surface area contributed by atoms with Crippen molar-refractivity contribution in [2.45, 2.75) is 25.8 Å². The molecule has 0 radical (unpaired) electrons. The van der Waals surface area contributed by atoms with Gasteiger partial charge in [0, 0.05) is 18.0 Å². The topological polar surface area (TPSA) is 104 Å². The molecule has 0 heterocycles. The fourth-order valence-electron chi connectivity index (χ4n) is 2.32. The number of primary amides is 1. The third-order valence-electron chi connectivity index (χ3n) is 3.10. The van der Waals surface area contributed by atoms with Gasteiger partial charge in [0.05, 0.1) is 0 Å². The number of hydrogen-bond acceptors (Lipinski definition) is 3. The molecule has 1 rings (SSSR count). The van der Waals surface area contributed by atoms with Gasteiger partial charge in [-0.2, -0.15) is 0 Å². The molecular weight excluding hydrogens is 254 g/mol. The lowest BCUT2D eigenvalue weighted by Gasteiger charge is -2.34. The Morgan fingerprint density at radius 3 is 2.60 bits per heavy atom. The zero-order valence-corrected chi connectivity index (χ0v) is 11.9. The van der Waals surface area contributed by atoms with Gasteiger partial charge in [0.1, 0.15) is 5.54 Å². The van der Waals surface area contributed by atoms with Crippen LogP contribution in [0.25, 0.3) is 10.4 Å². The number of rotatable bonds is 8. The molecule has 0 spiro atoms. The van der Waals surface area contributed by atoms with Gasteiger partial charge in [-0.15, -0.1) is 0 Å². The molecule has 0 bridgehead atoms. The Morgan fingerprint density at radius 1 is 1.45 bits per heavy atom. The number of hydrogen-bond donors (Lipinski definition) is 2. The predicted octanol–water partition coefficient (Wildman–Crippen LogP) is 2.31. The smallest absolute Gasteiger partial charge is 0.242 e. The van der Waals surface area contributed by atoms with Crippen molar-refractivity contribution in [3.05, 3.63) is 46.3 Å². The highest BCUT2D eigenvalue weighted by molar-refractivity contribution is 5.86. The molecule has 20 heavy (non-hydrogen) atoms. The van der Waals surface area contributed by atoms with Gasteiger partial charge in [-0.05, 0) is 23.4 Å². The summed E-state index contributed by atoms with van der Waals surface area (Å²) in [5.41, 5.74) is 13.9. The number of amides is 1. The maximum Gasteiger partial charge on any atom is 0.242 e. The molecule has 3 N–H and O–H groups in total. The van der Waals surface area contributed by atoms with Crippen molar-refractivity contribution in [1.82, 2.24) is 5.32 Å². The Balaban J connectivity index is 3.07. The molecule has 6 nitrogen and oxygen atoms in total. The van der Waals surface area contributed by atoms with Crippen LogP contribution in [0, 0.1) is 5.92 Å². The van der Waals surface area contributed by atoms with Crippen molar-refractivity contribution in [3.8, 4) is 0 Å². The molecular formula is C14H21N5O. The van der Waals surface area contributed by atoms with Crippen molar-refractivity contribution in [3.63, 3.8) is 0 Å². The second kappa shape index (κ2) is 7.53. The van der Waals surface area contributed by atoms with Gasteiger partial charge < -0.3 is 5.73 Å². The monoisotopic (exact) mass is 275 g/mol. The van der Waals surface area contributed by atoms with E-state index in [2.05, 4.69) is 15.3 Å². The summed E-state index contributed by atoms with van der Waals surface area (Å²) in [6, 6.07) is 9.41. The number of nitrogens with zero attached hydrogens (tertiary/aromatic N) is 3. The van der Waals surface area contributed by atoms with Gasteiger partial charge in [0.15, 0.2) is 0 Å². The van der Waals surface area contributed by atoms with Crippen molar-refractivity contribution < 1.29 is 4.79 Å². The van der Waals surface area contributed by atoms with E-state index in [-0.39, 0.29) is 12.5 Å². The molecule has 0 fully saturated rings. The van der Waals surface area contributed by atoms with Gasteiger partial charge in [-0.25, -0.2) is 0 Å². The summed E-state index contributed by atoms with van der Waals surface area (Å²) in [5, 5.41) is 6.65. The van der Waals surface area contributed by atoms with E-state index < -0.39 is 11.4 Å². The van der Waals surface area contributed by atoms with E-state index in [1.807, 2.05) is 44.2 Å². The first-order valence-corrected chi connectivity index (χ1v) is 6.64. The third-order valence-corrected chi connectivity index (χ3v) is 3.10. The van der Waals surface area contributed by atoms with Crippen LogP contribution in [-0.4, -0.2) is 19.0 Å². The van der Waals surface area contributed by atoms with E-state index in [9.17, 15) is 4.79 Å². The Hall–Kier alpha value is -2.04. The van der Waals surface area contributed by atoms with Gasteiger partial charge in [0.25, 0.3) is 0 Å². The van der Waals surface area contributed by atoms with Gasteiger partial charge in [-0.1, -0.05) is 49.3 Å². The first kappa shape index (κ1) is 16.0. The molecule has 1 aromatic carbocycles. The molecule has 0 aliphatic carbocycles. The van der Waals surface area contributed by atoms with E-state index in [0.29, 0.717) is 13.0 Å². The molecule has 1 aromatic rings. The van der Waals surface area contributed by atoms with E-state index in [1.165, 1.54) is 0 Å². The quantitative estimate of drug-likeness (QED) is 0.329. The van der Waals surface area contributed by atoms with Crippen LogP contribution in [0.15, 0.2) is 35.4 Å². The molecule has 1 amide bonds. The Kier molecular flexibility index (Phi) is 6.03.